The quantitative estimate of drug-likeness (QED) is 0.804. The van der Waals surface area contributed by atoms with E-state index in [9.17, 15) is 14.7 Å². The minimum absolute atomic E-state index is 0.0249. The molecule has 20 heavy (non-hydrogen) atoms. The Labute approximate surface area is 120 Å². The molecule has 0 aromatic rings. The summed E-state index contributed by atoms with van der Waals surface area (Å²) in [5.41, 5.74) is -0.795. The summed E-state index contributed by atoms with van der Waals surface area (Å²) in [6.45, 7) is 6.94. The fourth-order valence-corrected chi connectivity index (χ4v) is 3.54. The maximum absolute atomic E-state index is 12.7. The van der Waals surface area contributed by atoms with Crippen molar-refractivity contribution in [3.05, 3.63) is 0 Å². The first kappa shape index (κ1) is 15.1. The van der Waals surface area contributed by atoms with Crippen molar-refractivity contribution >= 4 is 12.0 Å². The van der Waals surface area contributed by atoms with Gasteiger partial charge in [0, 0.05) is 25.2 Å². The molecule has 1 N–H and O–H groups in total. The maximum atomic E-state index is 12.7. The highest BCUT2D eigenvalue weighted by atomic mass is 16.4. The van der Waals surface area contributed by atoms with Gasteiger partial charge in [0.15, 0.2) is 0 Å². The lowest BCUT2D eigenvalue weighted by Crippen LogP contribution is -2.57. The van der Waals surface area contributed by atoms with Crippen LogP contribution in [0.4, 0.5) is 4.79 Å². The number of urea groups is 1. The maximum Gasteiger partial charge on any atom is 0.320 e. The Morgan fingerprint density at radius 1 is 1.15 bits per heavy atom. The number of carbonyl (C=O) groups excluding carboxylic acids is 1. The molecule has 0 aromatic heterocycles. The Morgan fingerprint density at radius 2 is 1.75 bits per heavy atom. The third-order valence-corrected chi connectivity index (χ3v) is 4.90. The molecule has 0 spiro atoms. The Morgan fingerprint density at radius 3 is 2.30 bits per heavy atom. The number of aliphatic carboxylic acids is 1. The lowest BCUT2D eigenvalue weighted by molar-refractivity contribution is -0.150. The second-order valence-corrected chi connectivity index (χ2v) is 6.71. The van der Waals surface area contributed by atoms with Gasteiger partial charge in [-0.1, -0.05) is 0 Å². The van der Waals surface area contributed by atoms with E-state index in [2.05, 4.69) is 13.8 Å². The Kier molecular flexibility index (Phi) is 4.25. The van der Waals surface area contributed by atoms with Gasteiger partial charge in [-0.3, -0.25) is 4.79 Å². The molecule has 2 fully saturated rings. The Hall–Kier alpha value is -1.26. The molecule has 0 aliphatic carbocycles. The van der Waals surface area contributed by atoms with Crippen molar-refractivity contribution in [2.75, 3.05) is 13.1 Å². The molecule has 0 bridgehead atoms. The number of hydrogen-bond donors (Lipinski definition) is 1. The molecule has 3 atom stereocenters. The van der Waals surface area contributed by atoms with Crippen LogP contribution >= 0.6 is 0 Å². The Bertz CT molecular complexity index is 389. The van der Waals surface area contributed by atoms with Gasteiger partial charge in [0.2, 0.25) is 0 Å². The van der Waals surface area contributed by atoms with Crippen LogP contribution in [-0.4, -0.2) is 52.1 Å². The molecule has 0 radical (unpaired) electrons. The van der Waals surface area contributed by atoms with Crippen LogP contribution < -0.4 is 0 Å². The number of likely N-dealkylation sites (tertiary alicyclic amines) is 2. The number of rotatable bonds is 1. The highest BCUT2D eigenvalue weighted by molar-refractivity contribution is 5.79. The molecule has 5 heteroatoms. The SMILES string of the molecule is C[C@@H]1CCC[C@H](C)N1C(=O)N1CCCC(C)(C(=O)O)C1. The second kappa shape index (κ2) is 5.62. The fourth-order valence-electron chi connectivity index (χ4n) is 3.54. The highest BCUT2D eigenvalue weighted by Gasteiger charge is 2.41. The molecule has 114 valence electrons. The van der Waals surface area contributed by atoms with Crippen molar-refractivity contribution in [3.63, 3.8) is 0 Å². The van der Waals surface area contributed by atoms with Crippen LogP contribution in [0, 0.1) is 5.41 Å². The number of carbonyl (C=O) groups is 2. The van der Waals surface area contributed by atoms with Gasteiger partial charge in [-0.05, 0) is 52.9 Å². The minimum Gasteiger partial charge on any atom is -0.481 e. The summed E-state index contributed by atoms with van der Waals surface area (Å²) in [5.74, 6) is -0.797. The predicted molar refractivity (Wildman–Crippen MR) is 76.6 cm³/mol. The van der Waals surface area contributed by atoms with E-state index in [1.54, 1.807) is 11.8 Å². The van der Waals surface area contributed by atoms with Crippen LogP contribution in [0.25, 0.3) is 0 Å². The lowest BCUT2D eigenvalue weighted by atomic mass is 9.82. The number of hydrogen-bond acceptors (Lipinski definition) is 2. The van der Waals surface area contributed by atoms with Gasteiger partial charge in [0.05, 0.1) is 5.41 Å². The predicted octanol–water partition coefficient (Wildman–Crippen LogP) is 2.56. The molecular formula is C15H26N2O3. The summed E-state index contributed by atoms with van der Waals surface area (Å²) in [4.78, 5) is 27.8. The van der Waals surface area contributed by atoms with Crippen molar-refractivity contribution in [3.8, 4) is 0 Å². The van der Waals surface area contributed by atoms with Gasteiger partial charge in [0.25, 0.3) is 0 Å². The van der Waals surface area contributed by atoms with Gasteiger partial charge in [-0.25, -0.2) is 4.79 Å². The number of carboxylic acids is 1. The number of amides is 2. The van der Waals surface area contributed by atoms with Gasteiger partial charge in [0.1, 0.15) is 0 Å². The first-order chi connectivity index (χ1) is 9.35. The van der Waals surface area contributed by atoms with E-state index in [0.29, 0.717) is 19.5 Å². The fraction of sp³-hybridized carbons (Fsp3) is 0.867. The Balaban J connectivity index is 2.10. The average Bonchev–Trinajstić information content (AvgIpc) is 2.38. The van der Waals surface area contributed by atoms with E-state index in [4.69, 9.17) is 0 Å². The monoisotopic (exact) mass is 282 g/mol. The minimum atomic E-state index is -0.797. The zero-order valence-electron chi connectivity index (χ0n) is 12.8. The number of carboxylic acid groups (broad SMARTS) is 1. The summed E-state index contributed by atoms with van der Waals surface area (Å²) >= 11 is 0. The lowest BCUT2D eigenvalue weighted by Gasteiger charge is -2.45. The molecule has 0 saturated carbocycles. The van der Waals surface area contributed by atoms with E-state index in [1.165, 1.54) is 6.42 Å². The van der Waals surface area contributed by atoms with Gasteiger partial charge in [-0.2, -0.15) is 0 Å². The van der Waals surface area contributed by atoms with E-state index in [1.807, 2.05) is 4.90 Å². The van der Waals surface area contributed by atoms with Gasteiger partial charge >= 0.3 is 12.0 Å². The molecule has 2 amide bonds. The normalized spacial score (nSPS) is 35.0. The van der Waals surface area contributed by atoms with Crippen molar-refractivity contribution in [1.29, 1.82) is 0 Å². The van der Waals surface area contributed by atoms with Crippen LogP contribution in [0.1, 0.15) is 52.9 Å². The topological polar surface area (TPSA) is 60.9 Å². The number of piperidine rings is 2. The summed E-state index contributed by atoms with van der Waals surface area (Å²) < 4.78 is 0. The third kappa shape index (κ3) is 2.76. The number of nitrogens with zero attached hydrogens (tertiary/aromatic N) is 2. The van der Waals surface area contributed by atoms with Gasteiger partial charge < -0.3 is 14.9 Å². The van der Waals surface area contributed by atoms with E-state index >= 15 is 0 Å². The van der Waals surface area contributed by atoms with Crippen LogP contribution in [-0.2, 0) is 4.79 Å². The van der Waals surface area contributed by atoms with E-state index in [0.717, 1.165) is 19.3 Å². The zero-order chi connectivity index (χ0) is 14.9. The third-order valence-electron chi connectivity index (χ3n) is 4.90. The van der Waals surface area contributed by atoms with Crippen LogP contribution in [0.15, 0.2) is 0 Å². The molecule has 2 aliphatic rings. The molecule has 2 heterocycles. The summed E-state index contributed by atoms with van der Waals surface area (Å²) in [7, 11) is 0. The zero-order valence-corrected chi connectivity index (χ0v) is 12.8. The largest absolute Gasteiger partial charge is 0.481 e. The van der Waals surface area contributed by atoms with Crippen LogP contribution in [0.2, 0.25) is 0 Å². The second-order valence-electron chi connectivity index (χ2n) is 6.71. The summed E-state index contributed by atoms with van der Waals surface area (Å²) in [6.07, 6.45) is 4.67. The van der Waals surface area contributed by atoms with Crippen molar-refractivity contribution in [1.82, 2.24) is 9.80 Å². The summed E-state index contributed by atoms with van der Waals surface area (Å²) in [5, 5.41) is 9.36. The molecule has 2 rings (SSSR count). The molecule has 1 unspecified atom stereocenters. The van der Waals surface area contributed by atoms with E-state index < -0.39 is 11.4 Å². The molecule has 0 aromatic carbocycles. The molecule has 2 saturated heterocycles. The summed E-state index contributed by atoms with van der Waals surface area (Å²) in [6, 6.07) is 0.533. The molecule has 5 nitrogen and oxygen atoms in total. The highest BCUT2D eigenvalue weighted by Crippen LogP contribution is 2.32. The van der Waals surface area contributed by atoms with Crippen LogP contribution in [0.3, 0.4) is 0 Å². The van der Waals surface area contributed by atoms with Crippen molar-refractivity contribution < 1.29 is 14.7 Å². The standard InChI is InChI=1S/C15H26N2O3/c1-11-6-4-7-12(2)17(11)14(20)16-9-5-8-15(3,10-16)13(18)19/h11-12H,4-10H2,1-3H3,(H,18,19)/t11-,12+,15?. The van der Waals surface area contributed by atoms with Crippen LogP contribution in [0.5, 0.6) is 0 Å². The molecular weight excluding hydrogens is 256 g/mol. The first-order valence-corrected chi connectivity index (χ1v) is 7.66. The first-order valence-electron chi connectivity index (χ1n) is 7.66. The average molecular weight is 282 g/mol. The van der Waals surface area contributed by atoms with E-state index in [-0.39, 0.29) is 18.1 Å². The van der Waals surface area contributed by atoms with Crippen molar-refractivity contribution in [2.45, 2.75) is 65.0 Å². The van der Waals surface area contributed by atoms with Crippen molar-refractivity contribution in [2.24, 2.45) is 5.41 Å². The smallest absolute Gasteiger partial charge is 0.320 e. The molecule has 2 aliphatic heterocycles. The van der Waals surface area contributed by atoms with Gasteiger partial charge in [-0.15, -0.1) is 0 Å².